The molecular formula is C29H24N2O5. The summed E-state index contributed by atoms with van der Waals surface area (Å²) >= 11 is 0. The van der Waals surface area contributed by atoms with Crippen molar-refractivity contribution in [3.8, 4) is 17.2 Å². The van der Waals surface area contributed by atoms with Crippen molar-refractivity contribution >= 4 is 34.9 Å². The quantitative estimate of drug-likeness (QED) is 0.120. The average molecular weight is 481 g/mol. The third-order valence-corrected chi connectivity index (χ3v) is 5.12. The molecule has 0 fully saturated rings. The molecule has 0 heterocycles. The third kappa shape index (κ3) is 6.57. The molecule has 1 N–H and O–H groups in total. The molecule has 1 amide bonds. The van der Waals surface area contributed by atoms with Crippen LogP contribution in [0.1, 0.15) is 11.1 Å². The zero-order valence-electron chi connectivity index (χ0n) is 19.6. The van der Waals surface area contributed by atoms with Gasteiger partial charge in [-0.25, -0.2) is 10.2 Å². The summed E-state index contributed by atoms with van der Waals surface area (Å²) in [5.74, 6) is 0.315. The predicted octanol–water partition coefficient (Wildman–Crippen LogP) is 5.00. The van der Waals surface area contributed by atoms with E-state index >= 15 is 0 Å². The van der Waals surface area contributed by atoms with Crippen molar-refractivity contribution in [2.45, 2.75) is 0 Å². The van der Waals surface area contributed by atoms with Crippen LogP contribution in [0.2, 0.25) is 0 Å². The molecule has 180 valence electrons. The van der Waals surface area contributed by atoms with Gasteiger partial charge >= 0.3 is 5.97 Å². The van der Waals surface area contributed by atoms with Gasteiger partial charge in [0, 0.05) is 11.5 Å². The highest BCUT2D eigenvalue weighted by Gasteiger charge is 2.09. The molecule has 4 rings (SSSR count). The molecule has 0 saturated carbocycles. The SMILES string of the molecule is COc1cc(/C=N\NC(=O)COc2cccc3ccccc23)ccc1OC(=O)/C=C/c1ccccc1. The standard InChI is InChI=1S/C29H24N2O5/c1-34-27-18-22(14-16-26(27)36-29(33)17-15-21-8-3-2-4-9-21)19-30-31-28(32)20-35-25-13-7-11-23-10-5-6-12-24(23)25/h2-19H,20H2,1H3,(H,31,32)/b17-15+,30-19-. The van der Waals surface area contributed by atoms with Gasteiger partial charge in [-0.15, -0.1) is 0 Å². The molecule has 0 aliphatic heterocycles. The Labute approximate surface area is 208 Å². The highest BCUT2D eigenvalue weighted by Crippen LogP contribution is 2.28. The number of amides is 1. The van der Waals surface area contributed by atoms with Gasteiger partial charge in [-0.1, -0.05) is 66.7 Å². The second-order valence-corrected chi connectivity index (χ2v) is 7.63. The van der Waals surface area contributed by atoms with Crippen LogP contribution in [0.25, 0.3) is 16.8 Å². The van der Waals surface area contributed by atoms with Gasteiger partial charge in [-0.05, 0) is 46.9 Å². The number of hydrogen-bond acceptors (Lipinski definition) is 6. The normalized spacial score (nSPS) is 11.0. The number of benzene rings is 4. The van der Waals surface area contributed by atoms with Crippen LogP contribution < -0.4 is 19.6 Å². The number of rotatable bonds is 9. The number of nitrogens with one attached hydrogen (secondary N) is 1. The molecule has 0 unspecified atom stereocenters. The van der Waals surface area contributed by atoms with Crippen molar-refractivity contribution < 1.29 is 23.8 Å². The number of hydrogen-bond donors (Lipinski definition) is 1. The molecule has 4 aromatic carbocycles. The Morgan fingerprint density at radius 1 is 0.833 bits per heavy atom. The number of hydrazone groups is 1. The van der Waals surface area contributed by atoms with Crippen LogP contribution in [0.5, 0.6) is 17.2 Å². The van der Waals surface area contributed by atoms with Gasteiger partial charge in [0.25, 0.3) is 5.91 Å². The number of fused-ring (bicyclic) bond motifs is 1. The minimum Gasteiger partial charge on any atom is -0.493 e. The van der Waals surface area contributed by atoms with E-state index in [4.69, 9.17) is 14.2 Å². The van der Waals surface area contributed by atoms with E-state index in [0.717, 1.165) is 16.3 Å². The second-order valence-electron chi connectivity index (χ2n) is 7.63. The Kier molecular flexibility index (Phi) is 8.07. The molecule has 0 bridgehead atoms. The minimum atomic E-state index is -0.531. The maximum absolute atomic E-state index is 12.2. The van der Waals surface area contributed by atoms with Crippen molar-refractivity contribution in [1.82, 2.24) is 5.43 Å². The van der Waals surface area contributed by atoms with E-state index in [1.54, 1.807) is 24.3 Å². The molecule has 0 aliphatic rings. The van der Waals surface area contributed by atoms with Crippen LogP contribution in [0.3, 0.4) is 0 Å². The lowest BCUT2D eigenvalue weighted by Gasteiger charge is -2.09. The van der Waals surface area contributed by atoms with Crippen LogP contribution in [-0.2, 0) is 9.59 Å². The number of esters is 1. The van der Waals surface area contributed by atoms with Crippen LogP contribution in [0.4, 0.5) is 0 Å². The maximum Gasteiger partial charge on any atom is 0.336 e. The van der Waals surface area contributed by atoms with Gasteiger partial charge < -0.3 is 14.2 Å². The molecule has 0 aromatic heterocycles. The summed E-state index contributed by atoms with van der Waals surface area (Å²) in [6.07, 6.45) is 4.47. The van der Waals surface area contributed by atoms with Gasteiger partial charge in [0.05, 0.1) is 13.3 Å². The summed E-state index contributed by atoms with van der Waals surface area (Å²) in [5, 5.41) is 5.93. The molecular weight excluding hydrogens is 456 g/mol. The van der Waals surface area contributed by atoms with Gasteiger partial charge in [0.1, 0.15) is 5.75 Å². The fourth-order valence-corrected chi connectivity index (χ4v) is 3.40. The van der Waals surface area contributed by atoms with Crippen molar-refractivity contribution in [2.75, 3.05) is 13.7 Å². The number of ether oxygens (including phenoxy) is 3. The average Bonchev–Trinajstić information content (AvgIpc) is 2.92. The molecule has 0 atom stereocenters. The van der Waals surface area contributed by atoms with Gasteiger partial charge in [-0.3, -0.25) is 4.79 Å². The number of carbonyl (C=O) groups excluding carboxylic acids is 2. The summed E-state index contributed by atoms with van der Waals surface area (Å²) in [4.78, 5) is 24.3. The fraction of sp³-hybridized carbons (Fsp3) is 0.0690. The van der Waals surface area contributed by atoms with Crippen LogP contribution in [-0.4, -0.2) is 31.8 Å². The Bertz CT molecular complexity index is 1410. The van der Waals surface area contributed by atoms with E-state index in [0.29, 0.717) is 17.1 Å². The third-order valence-electron chi connectivity index (χ3n) is 5.12. The van der Waals surface area contributed by atoms with E-state index in [1.807, 2.05) is 72.8 Å². The smallest absolute Gasteiger partial charge is 0.336 e. The zero-order valence-corrected chi connectivity index (χ0v) is 19.6. The molecule has 0 spiro atoms. The Balaban J connectivity index is 1.31. The number of methoxy groups -OCH3 is 1. The summed E-state index contributed by atoms with van der Waals surface area (Å²) in [5.41, 5.74) is 3.96. The molecule has 7 heteroatoms. The monoisotopic (exact) mass is 480 g/mol. The van der Waals surface area contributed by atoms with Crippen LogP contribution >= 0.6 is 0 Å². The van der Waals surface area contributed by atoms with Crippen LogP contribution in [0.15, 0.2) is 102 Å². The lowest BCUT2D eigenvalue weighted by Crippen LogP contribution is -2.24. The van der Waals surface area contributed by atoms with Gasteiger partial charge in [0.2, 0.25) is 0 Å². The van der Waals surface area contributed by atoms with E-state index < -0.39 is 11.9 Å². The van der Waals surface area contributed by atoms with E-state index in [2.05, 4.69) is 10.5 Å². The van der Waals surface area contributed by atoms with E-state index in [-0.39, 0.29) is 12.4 Å². The molecule has 4 aromatic rings. The maximum atomic E-state index is 12.2. The summed E-state index contributed by atoms with van der Waals surface area (Å²) in [7, 11) is 1.47. The first-order valence-corrected chi connectivity index (χ1v) is 11.2. The first-order chi connectivity index (χ1) is 17.6. The lowest BCUT2D eigenvalue weighted by atomic mass is 10.1. The van der Waals surface area contributed by atoms with Gasteiger partial charge in [-0.2, -0.15) is 5.10 Å². The largest absolute Gasteiger partial charge is 0.493 e. The van der Waals surface area contributed by atoms with E-state index in [1.165, 1.54) is 19.4 Å². The van der Waals surface area contributed by atoms with Gasteiger partial charge in [0.15, 0.2) is 18.1 Å². The highest BCUT2D eigenvalue weighted by atomic mass is 16.6. The molecule has 36 heavy (non-hydrogen) atoms. The van der Waals surface area contributed by atoms with Crippen molar-refractivity contribution in [3.05, 3.63) is 108 Å². The first kappa shape index (κ1) is 24.2. The summed E-state index contributed by atoms with van der Waals surface area (Å²) < 4.78 is 16.4. The predicted molar refractivity (Wildman–Crippen MR) is 139 cm³/mol. The van der Waals surface area contributed by atoms with E-state index in [9.17, 15) is 9.59 Å². The minimum absolute atomic E-state index is 0.180. The summed E-state index contributed by atoms with van der Waals surface area (Å²) in [6, 6.07) is 27.8. The Hall–Kier alpha value is -4.91. The molecule has 0 aliphatic carbocycles. The molecule has 0 saturated heterocycles. The highest BCUT2D eigenvalue weighted by molar-refractivity contribution is 5.90. The lowest BCUT2D eigenvalue weighted by molar-refractivity contribution is -0.129. The topological polar surface area (TPSA) is 86.2 Å². The van der Waals surface area contributed by atoms with Crippen molar-refractivity contribution in [1.29, 1.82) is 0 Å². The number of nitrogens with zero attached hydrogens (tertiary/aromatic N) is 1. The van der Waals surface area contributed by atoms with Crippen molar-refractivity contribution in [3.63, 3.8) is 0 Å². The molecule has 0 radical (unpaired) electrons. The second kappa shape index (κ2) is 12.0. The fourth-order valence-electron chi connectivity index (χ4n) is 3.40. The first-order valence-electron chi connectivity index (χ1n) is 11.2. The Morgan fingerprint density at radius 3 is 2.44 bits per heavy atom. The van der Waals surface area contributed by atoms with Crippen LogP contribution in [0, 0.1) is 0 Å². The molecule has 7 nitrogen and oxygen atoms in total. The Morgan fingerprint density at radius 2 is 1.61 bits per heavy atom. The number of carbonyl (C=O) groups is 2. The summed E-state index contributed by atoms with van der Waals surface area (Å²) in [6.45, 7) is -0.180. The van der Waals surface area contributed by atoms with Crippen molar-refractivity contribution in [2.24, 2.45) is 5.10 Å². The zero-order chi connectivity index (χ0) is 25.2.